The fraction of sp³-hybridized carbons (Fsp3) is 0.167. The topological polar surface area (TPSA) is 87.3 Å². The normalized spacial score (nSPS) is 10.0. The van der Waals surface area contributed by atoms with E-state index < -0.39 is 0 Å². The smallest absolute Gasteiger partial charge is 0.243 e. The van der Waals surface area contributed by atoms with Crippen molar-refractivity contribution in [3.05, 3.63) is 53.1 Å². The molecule has 0 aliphatic rings. The minimum atomic E-state index is -0.331. The summed E-state index contributed by atoms with van der Waals surface area (Å²) in [4.78, 5) is 35.0. The van der Waals surface area contributed by atoms with E-state index in [9.17, 15) is 14.4 Å². The molecule has 0 aromatic heterocycles. The summed E-state index contributed by atoms with van der Waals surface area (Å²) in [5, 5.41) is 8.76. The molecule has 0 aliphatic carbocycles. The lowest BCUT2D eigenvalue weighted by atomic mass is 10.1. The van der Waals surface area contributed by atoms with Crippen molar-refractivity contribution >= 4 is 46.3 Å². The van der Waals surface area contributed by atoms with E-state index in [2.05, 4.69) is 16.0 Å². The fourth-order valence-corrected chi connectivity index (χ4v) is 2.40. The van der Waals surface area contributed by atoms with Gasteiger partial charge in [0.2, 0.25) is 11.8 Å². The number of benzene rings is 2. The maximum atomic E-state index is 12.2. The first-order chi connectivity index (χ1) is 11.9. The molecule has 0 fully saturated rings. The van der Waals surface area contributed by atoms with Crippen molar-refractivity contribution < 1.29 is 14.4 Å². The molecule has 6 nitrogen and oxygen atoms in total. The first-order valence-corrected chi connectivity index (χ1v) is 7.95. The van der Waals surface area contributed by atoms with E-state index in [0.717, 1.165) is 0 Å². The Hall–Kier alpha value is -2.86. The van der Waals surface area contributed by atoms with Crippen molar-refractivity contribution in [1.29, 1.82) is 0 Å². The Morgan fingerprint density at radius 3 is 2.32 bits per heavy atom. The van der Waals surface area contributed by atoms with E-state index in [4.69, 9.17) is 11.6 Å². The zero-order valence-electron chi connectivity index (χ0n) is 13.9. The third-order valence-corrected chi connectivity index (χ3v) is 3.55. The first-order valence-electron chi connectivity index (χ1n) is 7.57. The summed E-state index contributed by atoms with van der Waals surface area (Å²) in [5.74, 6) is -0.695. The first kappa shape index (κ1) is 18.5. The molecule has 2 aromatic carbocycles. The minimum absolute atomic E-state index is 0.0564. The number of rotatable bonds is 6. The average molecular weight is 360 g/mol. The molecule has 0 heterocycles. The fourth-order valence-electron chi connectivity index (χ4n) is 2.23. The van der Waals surface area contributed by atoms with E-state index in [0.29, 0.717) is 27.6 Å². The van der Waals surface area contributed by atoms with Crippen LogP contribution in [0, 0.1) is 0 Å². The van der Waals surface area contributed by atoms with Crippen molar-refractivity contribution in [3.8, 4) is 0 Å². The van der Waals surface area contributed by atoms with E-state index >= 15 is 0 Å². The number of carbonyl (C=O) groups excluding carboxylic acids is 3. The predicted octanol–water partition coefficient (Wildman–Crippen LogP) is 3.55. The highest BCUT2D eigenvalue weighted by atomic mass is 35.5. The molecular formula is C18H18ClN3O3. The Morgan fingerprint density at radius 2 is 1.64 bits per heavy atom. The van der Waals surface area contributed by atoms with Crippen molar-refractivity contribution in [3.63, 3.8) is 0 Å². The zero-order chi connectivity index (χ0) is 18.4. The Kier molecular flexibility index (Phi) is 6.14. The van der Waals surface area contributed by atoms with Gasteiger partial charge in [-0.1, -0.05) is 23.7 Å². The van der Waals surface area contributed by atoms with Gasteiger partial charge < -0.3 is 16.0 Å². The summed E-state index contributed by atoms with van der Waals surface area (Å²) in [6.45, 7) is 2.78. The highest BCUT2D eigenvalue weighted by Crippen LogP contribution is 2.25. The van der Waals surface area contributed by atoms with Crippen LogP contribution in [0.3, 0.4) is 0 Å². The molecule has 0 saturated heterocycles. The maximum absolute atomic E-state index is 12.2. The molecule has 2 rings (SSSR count). The second-order valence-electron chi connectivity index (χ2n) is 5.37. The Morgan fingerprint density at radius 1 is 0.920 bits per heavy atom. The highest BCUT2D eigenvalue weighted by molar-refractivity contribution is 6.31. The number of ketones is 1. The molecule has 0 saturated carbocycles. The third kappa shape index (κ3) is 5.32. The Balaban J connectivity index is 2.07. The van der Waals surface area contributed by atoms with Crippen LogP contribution in [0.1, 0.15) is 24.2 Å². The summed E-state index contributed by atoms with van der Waals surface area (Å²) in [6, 6.07) is 11.7. The number of amides is 2. The molecule has 2 aromatic rings. The van der Waals surface area contributed by atoms with Gasteiger partial charge in [-0.3, -0.25) is 14.4 Å². The molecule has 0 radical (unpaired) electrons. The summed E-state index contributed by atoms with van der Waals surface area (Å²) in [7, 11) is 0. The van der Waals surface area contributed by atoms with Crippen LogP contribution >= 0.6 is 11.6 Å². The van der Waals surface area contributed by atoms with Gasteiger partial charge in [-0.25, -0.2) is 0 Å². The molecule has 0 spiro atoms. The van der Waals surface area contributed by atoms with Crippen molar-refractivity contribution in [2.45, 2.75) is 13.8 Å². The molecule has 0 atom stereocenters. The summed E-state index contributed by atoms with van der Waals surface area (Å²) in [6.07, 6.45) is 0. The number of carbonyl (C=O) groups is 3. The monoisotopic (exact) mass is 359 g/mol. The molecule has 0 aliphatic heterocycles. The van der Waals surface area contributed by atoms with Gasteiger partial charge in [-0.2, -0.15) is 0 Å². The average Bonchev–Trinajstić information content (AvgIpc) is 2.55. The number of halogens is 1. The summed E-state index contributed by atoms with van der Waals surface area (Å²) < 4.78 is 0. The third-order valence-electron chi connectivity index (χ3n) is 3.31. The van der Waals surface area contributed by atoms with Crippen LogP contribution in [-0.4, -0.2) is 24.1 Å². The van der Waals surface area contributed by atoms with Crippen molar-refractivity contribution in [2.24, 2.45) is 0 Å². The van der Waals surface area contributed by atoms with Crippen LogP contribution < -0.4 is 16.0 Å². The highest BCUT2D eigenvalue weighted by Gasteiger charge is 2.11. The number of hydrogen-bond acceptors (Lipinski definition) is 4. The molecule has 130 valence electrons. The lowest BCUT2D eigenvalue weighted by molar-refractivity contribution is -0.115. The van der Waals surface area contributed by atoms with E-state index in [-0.39, 0.29) is 24.1 Å². The minimum Gasteiger partial charge on any atom is -0.374 e. The van der Waals surface area contributed by atoms with Crippen LogP contribution in [0.25, 0.3) is 0 Å². The van der Waals surface area contributed by atoms with E-state index in [1.807, 2.05) is 0 Å². The number of para-hydroxylation sites is 1. The summed E-state index contributed by atoms with van der Waals surface area (Å²) in [5.41, 5.74) is 1.94. The lowest BCUT2D eigenvalue weighted by Crippen LogP contribution is -2.23. The van der Waals surface area contributed by atoms with E-state index in [1.54, 1.807) is 42.5 Å². The van der Waals surface area contributed by atoms with Gasteiger partial charge in [0.15, 0.2) is 5.78 Å². The Bertz CT molecular complexity index is 821. The lowest BCUT2D eigenvalue weighted by Gasteiger charge is -2.13. The van der Waals surface area contributed by atoms with Crippen LogP contribution in [0.5, 0.6) is 0 Å². The summed E-state index contributed by atoms with van der Waals surface area (Å²) >= 11 is 5.96. The van der Waals surface area contributed by atoms with Crippen LogP contribution in [0.4, 0.5) is 17.1 Å². The zero-order valence-corrected chi connectivity index (χ0v) is 14.6. The van der Waals surface area contributed by atoms with Gasteiger partial charge in [0.1, 0.15) is 0 Å². The number of hydrogen-bond donors (Lipinski definition) is 3. The van der Waals surface area contributed by atoms with Gasteiger partial charge in [0, 0.05) is 17.5 Å². The van der Waals surface area contributed by atoms with Gasteiger partial charge in [-0.05, 0) is 37.3 Å². The SMILES string of the molecule is CC(=O)Nc1ccc(Cl)cc1NCC(=O)Nc1ccccc1C(C)=O. The van der Waals surface area contributed by atoms with Crippen LogP contribution in [0.2, 0.25) is 5.02 Å². The molecule has 0 bridgehead atoms. The molecule has 7 heteroatoms. The number of anilines is 3. The van der Waals surface area contributed by atoms with E-state index in [1.165, 1.54) is 13.8 Å². The molecule has 3 N–H and O–H groups in total. The van der Waals surface area contributed by atoms with Crippen molar-refractivity contribution in [2.75, 3.05) is 22.5 Å². The largest absolute Gasteiger partial charge is 0.374 e. The molecular weight excluding hydrogens is 342 g/mol. The molecule has 2 amide bonds. The Labute approximate surface area is 150 Å². The van der Waals surface area contributed by atoms with Gasteiger partial charge in [0.25, 0.3) is 0 Å². The van der Waals surface area contributed by atoms with Gasteiger partial charge in [-0.15, -0.1) is 0 Å². The van der Waals surface area contributed by atoms with Crippen molar-refractivity contribution in [1.82, 2.24) is 0 Å². The number of nitrogens with one attached hydrogen (secondary N) is 3. The molecule has 25 heavy (non-hydrogen) atoms. The van der Waals surface area contributed by atoms with Crippen LogP contribution in [0.15, 0.2) is 42.5 Å². The molecule has 0 unspecified atom stereocenters. The maximum Gasteiger partial charge on any atom is 0.243 e. The van der Waals surface area contributed by atoms with Crippen LogP contribution in [-0.2, 0) is 9.59 Å². The number of Topliss-reactive ketones (excluding diaryl/α,β-unsaturated/α-hetero) is 1. The standard InChI is InChI=1S/C18H18ClN3O3/c1-11(23)14-5-3-4-6-15(14)22-18(25)10-20-17-9-13(19)7-8-16(17)21-12(2)24/h3-9,20H,10H2,1-2H3,(H,21,24)(H,22,25). The predicted molar refractivity (Wildman–Crippen MR) is 99.3 cm³/mol. The second kappa shape index (κ2) is 8.30. The van der Waals surface area contributed by atoms with Gasteiger partial charge >= 0.3 is 0 Å². The second-order valence-corrected chi connectivity index (χ2v) is 5.81. The van der Waals surface area contributed by atoms with Gasteiger partial charge in [0.05, 0.1) is 23.6 Å². The quantitative estimate of drug-likeness (QED) is 0.688.